The zero-order valence-electron chi connectivity index (χ0n) is 14.4. The molecule has 0 amide bonds. The summed E-state index contributed by atoms with van der Waals surface area (Å²) in [5.41, 5.74) is 3.84. The number of ether oxygens (including phenoxy) is 1. The monoisotopic (exact) mass is 349 g/mol. The molecule has 4 rings (SSSR count). The molecular formula is C20H19N3O3. The lowest BCUT2D eigenvalue weighted by Crippen LogP contribution is -2.27. The molecule has 1 N–H and O–H groups in total. The third-order valence-electron chi connectivity index (χ3n) is 4.54. The van der Waals surface area contributed by atoms with Crippen LogP contribution in [0.5, 0.6) is 0 Å². The number of rotatable bonds is 3. The number of hydrogen-bond acceptors (Lipinski definition) is 6. The van der Waals surface area contributed by atoms with Crippen molar-refractivity contribution in [3.05, 3.63) is 60.0 Å². The highest BCUT2D eigenvalue weighted by Gasteiger charge is 2.25. The number of anilines is 2. The number of aliphatic hydroxyl groups is 1. The smallest absolute Gasteiger partial charge is 0.339 e. The highest BCUT2D eigenvalue weighted by molar-refractivity contribution is 5.94. The van der Waals surface area contributed by atoms with E-state index in [-0.39, 0.29) is 5.97 Å². The standard InChI is InChI=1S/C20H19N3O3/c1-2-26-20(25)14-10-13-5-6-15(11-16(13)22-12-14)23-9-7-18(24)19-17(23)4-3-8-21-19/h3-6,8,10-12,18,24H,2,7,9H2,1H3. The van der Waals surface area contributed by atoms with Crippen LogP contribution >= 0.6 is 0 Å². The molecule has 6 heteroatoms. The van der Waals surface area contributed by atoms with Gasteiger partial charge in [0.2, 0.25) is 0 Å². The van der Waals surface area contributed by atoms with Gasteiger partial charge in [0.25, 0.3) is 0 Å². The fourth-order valence-corrected chi connectivity index (χ4v) is 3.27. The maximum atomic E-state index is 11.9. The fraction of sp³-hybridized carbons (Fsp3) is 0.250. The molecule has 1 unspecified atom stereocenters. The maximum Gasteiger partial charge on any atom is 0.339 e. The number of carbonyl (C=O) groups excluding carboxylic acids is 1. The first-order valence-corrected chi connectivity index (χ1v) is 8.65. The first-order valence-electron chi connectivity index (χ1n) is 8.65. The van der Waals surface area contributed by atoms with E-state index in [9.17, 15) is 9.90 Å². The summed E-state index contributed by atoms with van der Waals surface area (Å²) in [6, 6.07) is 11.5. The molecule has 0 fully saturated rings. The Morgan fingerprint density at radius 2 is 2.19 bits per heavy atom. The van der Waals surface area contributed by atoms with Crippen LogP contribution < -0.4 is 4.90 Å². The van der Waals surface area contributed by atoms with E-state index in [4.69, 9.17) is 4.74 Å². The number of pyridine rings is 2. The molecule has 0 radical (unpaired) electrons. The summed E-state index contributed by atoms with van der Waals surface area (Å²) in [7, 11) is 0. The van der Waals surface area contributed by atoms with E-state index < -0.39 is 6.10 Å². The largest absolute Gasteiger partial charge is 0.462 e. The van der Waals surface area contributed by atoms with Crippen LogP contribution in [0.25, 0.3) is 10.9 Å². The van der Waals surface area contributed by atoms with Gasteiger partial charge >= 0.3 is 5.97 Å². The molecule has 0 bridgehead atoms. The minimum Gasteiger partial charge on any atom is -0.462 e. The minimum absolute atomic E-state index is 0.337. The molecule has 0 aliphatic carbocycles. The SMILES string of the molecule is CCOC(=O)c1cnc2cc(N3CCC(O)c4ncccc43)ccc2c1. The number of fused-ring (bicyclic) bond motifs is 2. The van der Waals surface area contributed by atoms with Crippen molar-refractivity contribution in [2.45, 2.75) is 19.4 Å². The third kappa shape index (κ3) is 2.88. The highest BCUT2D eigenvalue weighted by Crippen LogP contribution is 2.37. The molecule has 1 aliphatic rings. The normalized spacial score (nSPS) is 16.4. The number of benzene rings is 1. The van der Waals surface area contributed by atoms with Crippen molar-refractivity contribution in [2.75, 3.05) is 18.1 Å². The first kappa shape index (κ1) is 16.5. The van der Waals surface area contributed by atoms with Crippen LogP contribution in [0.2, 0.25) is 0 Å². The molecular weight excluding hydrogens is 330 g/mol. The van der Waals surface area contributed by atoms with Crippen molar-refractivity contribution in [3.8, 4) is 0 Å². The van der Waals surface area contributed by atoms with Gasteiger partial charge in [-0.05, 0) is 43.7 Å². The van der Waals surface area contributed by atoms with E-state index in [1.807, 2.05) is 30.3 Å². The number of nitrogens with zero attached hydrogens (tertiary/aromatic N) is 3. The number of aromatic nitrogens is 2. The van der Waals surface area contributed by atoms with E-state index in [1.165, 1.54) is 0 Å². The summed E-state index contributed by atoms with van der Waals surface area (Å²) in [5, 5.41) is 11.1. The van der Waals surface area contributed by atoms with Gasteiger partial charge in [-0.15, -0.1) is 0 Å². The average molecular weight is 349 g/mol. The Bertz CT molecular complexity index is 973. The van der Waals surface area contributed by atoms with Gasteiger partial charge in [0.1, 0.15) is 0 Å². The third-order valence-corrected chi connectivity index (χ3v) is 4.54. The van der Waals surface area contributed by atoms with Crippen molar-refractivity contribution < 1.29 is 14.6 Å². The van der Waals surface area contributed by atoms with Gasteiger partial charge in [0.15, 0.2) is 0 Å². The van der Waals surface area contributed by atoms with Crippen LogP contribution in [0.4, 0.5) is 11.4 Å². The van der Waals surface area contributed by atoms with Crippen LogP contribution in [0.15, 0.2) is 48.8 Å². The minimum atomic E-state index is -0.534. The Kier molecular flexibility index (Phi) is 4.26. The summed E-state index contributed by atoms with van der Waals surface area (Å²) in [4.78, 5) is 22.8. The van der Waals surface area contributed by atoms with E-state index in [1.54, 1.807) is 25.4 Å². The lowest BCUT2D eigenvalue weighted by molar-refractivity contribution is 0.0526. The molecule has 0 spiro atoms. The van der Waals surface area contributed by atoms with E-state index in [0.29, 0.717) is 30.8 Å². The molecule has 2 aromatic heterocycles. The number of aliphatic hydroxyl groups excluding tert-OH is 1. The van der Waals surface area contributed by atoms with Crippen LogP contribution in [0.3, 0.4) is 0 Å². The number of carbonyl (C=O) groups is 1. The Hall–Kier alpha value is -2.99. The maximum absolute atomic E-state index is 11.9. The second-order valence-electron chi connectivity index (χ2n) is 6.19. The molecule has 1 atom stereocenters. The molecule has 0 saturated heterocycles. The number of esters is 1. The molecule has 3 heterocycles. The Morgan fingerprint density at radius 1 is 1.31 bits per heavy atom. The van der Waals surface area contributed by atoms with Gasteiger partial charge in [-0.1, -0.05) is 6.07 Å². The Balaban J connectivity index is 1.71. The molecule has 26 heavy (non-hydrogen) atoms. The molecule has 132 valence electrons. The zero-order valence-corrected chi connectivity index (χ0v) is 14.4. The molecule has 0 saturated carbocycles. The van der Waals surface area contributed by atoms with Crippen LogP contribution in [0, 0.1) is 0 Å². The van der Waals surface area contributed by atoms with Gasteiger partial charge in [0, 0.05) is 30.0 Å². The van der Waals surface area contributed by atoms with E-state index in [2.05, 4.69) is 14.9 Å². The van der Waals surface area contributed by atoms with Crippen molar-refractivity contribution in [2.24, 2.45) is 0 Å². The average Bonchev–Trinajstić information content (AvgIpc) is 2.68. The van der Waals surface area contributed by atoms with E-state index >= 15 is 0 Å². The van der Waals surface area contributed by atoms with Crippen molar-refractivity contribution in [1.82, 2.24) is 9.97 Å². The summed E-state index contributed by atoms with van der Waals surface area (Å²) in [6.07, 6.45) is 3.33. The summed E-state index contributed by atoms with van der Waals surface area (Å²) in [6.45, 7) is 2.82. The van der Waals surface area contributed by atoms with Crippen molar-refractivity contribution >= 4 is 28.2 Å². The van der Waals surface area contributed by atoms with Gasteiger partial charge in [0.05, 0.1) is 35.2 Å². The van der Waals surface area contributed by atoms with Gasteiger partial charge < -0.3 is 14.7 Å². The molecule has 6 nitrogen and oxygen atoms in total. The van der Waals surface area contributed by atoms with Gasteiger partial charge in [-0.3, -0.25) is 9.97 Å². The Morgan fingerprint density at radius 3 is 3.04 bits per heavy atom. The number of hydrogen-bond donors (Lipinski definition) is 1. The van der Waals surface area contributed by atoms with Gasteiger partial charge in [-0.2, -0.15) is 0 Å². The predicted octanol–water partition coefficient (Wildman–Crippen LogP) is 3.38. The van der Waals surface area contributed by atoms with Crippen molar-refractivity contribution in [1.29, 1.82) is 0 Å². The highest BCUT2D eigenvalue weighted by atomic mass is 16.5. The van der Waals surface area contributed by atoms with Crippen LogP contribution in [-0.2, 0) is 4.74 Å². The lowest BCUT2D eigenvalue weighted by Gasteiger charge is -2.33. The summed E-state index contributed by atoms with van der Waals surface area (Å²) >= 11 is 0. The zero-order chi connectivity index (χ0) is 18.1. The Labute approximate surface area is 151 Å². The summed E-state index contributed by atoms with van der Waals surface area (Å²) in [5.74, 6) is -0.365. The quantitative estimate of drug-likeness (QED) is 0.731. The van der Waals surface area contributed by atoms with Crippen LogP contribution in [0.1, 0.15) is 35.5 Å². The molecule has 1 aromatic carbocycles. The fourth-order valence-electron chi connectivity index (χ4n) is 3.27. The van der Waals surface area contributed by atoms with Crippen LogP contribution in [-0.4, -0.2) is 34.2 Å². The van der Waals surface area contributed by atoms with Crippen molar-refractivity contribution in [3.63, 3.8) is 0 Å². The van der Waals surface area contributed by atoms with E-state index in [0.717, 1.165) is 22.3 Å². The second-order valence-corrected chi connectivity index (χ2v) is 6.19. The molecule has 1 aliphatic heterocycles. The lowest BCUT2D eigenvalue weighted by atomic mass is 10.0. The summed E-state index contributed by atoms with van der Waals surface area (Å²) < 4.78 is 5.03. The second kappa shape index (κ2) is 6.72. The first-order chi connectivity index (χ1) is 12.7. The molecule has 3 aromatic rings. The predicted molar refractivity (Wildman–Crippen MR) is 98.5 cm³/mol. The topological polar surface area (TPSA) is 75.5 Å². The van der Waals surface area contributed by atoms with Gasteiger partial charge in [-0.25, -0.2) is 4.79 Å².